The Morgan fingerprint density at radius 2 is 1.32 bits per heavy atom. The van der Waals surface area contributed by atoms with Gasteiger partial charge in [-0.25, -0.2) is 0 Å². The van der Waals surface area contributed by atoms with Crippen molar-refractivity contribution in [3.63, 3.8) is 0 Å². The quantitative estimate of drug-likeness (QED) is 0.405. The molecule has 0 heterocycles. The molecule has 3 N–H and O–H groups in total. The van der Waals surface area contributed by atoms with Gasteiger partial charge in [-0.1, -0.05) is 6.92 Å². The maximum absolute atomic E-state index is 12.4. The molecule has 2 aromatic rings. The van der Waals surface area contributed by atoms with Crippen LogP contribution in [0, 0.1) is 0 Å². The van der Waals surface area contributed by atoms with Crippen molar-refractivity contribution < 1.29 is 33.3 Å². The molecule has 10 nitrogen and oxygen atoms in total. The zero-order valence-electron chi connectivity index (χ0n) is 19.9. The minimum Gasteiger partial charge on any atom is -0.493 e. The first-order chi connectivity index (χ1) is 16.4. The molecular weight excluding hydrogens is 442 g/mol. The number of rotatable bonds is 12. The molecule has 2 aromatic carbocycles. The van der Waals surface area contributed by atoms with Crippen molar-refractivity contribution in [3.05, 3.63) is 47.5 Å². The highest BCUT2D eigenvalue weighted by molar-refractivity contribution is 5.98. The van der Waals surface area contributed by atoms with Crippen LogP contribution in [-0.4, -0.2) is 51.2 Å². The Bertz CT molecular complexity index is 995. The summed E-state index contributed by atoms with van der Waals surface area (Å²) < 4.78 is 21.8. The van der Waals surface area contributed by atoms with Crippen molar-refractivity contribution in [1.29, 1.82) is 0 Å². The van der Waals surface area contributed by atoms with Gasteiger partial charge in [0, 0.05) is 11.1 Å². The third-order valence-corrected chi connectivity index (χ3v) is 4.42. The van der Waals surface area contributed by atoms with Gasteiger partial charge in [-0.15, -0.1) is 0 Å². The summed E-state index contributed by atoms with van der Waals surface area (Å²) in [5.74, 6) is 0.271. The summed E-state index contributed by atoms with van der Waals surface area (Å²) in [6, 6.07) is 9.44. The van der Waals surface area contributed by atoms with Gasteiger partial charge in [0.05, 0.1) is 33.5 Å². The molecule has 10 heteroatoms. The lowest BCUT2D eigenvalue weighted by Crippen LogP contribution is -2.46. The highest BCUT2D eigenvalue weighted by atomic mass is 16.5. The van der Waals surface area contributed by atoms with Crippen molar-refractivity contribution in [2.24, 2.45) is 0 Å². The summed E-state index contributed by atoms with van der Waals surface area (Å²) in [6.07, 6.45) is 0.834. The second-order valence-corrected chi connectivity index (χ2v) is 6.93. The summed E-state index contributed by atoms with van der Waals surface area (Å²) in [7, 11) is 1.47. The van der Waals surface area contributed by atoms with E-state index in [2.05, 4.69) is 16.2 Å². The molecule has 0 aliphatic rings. The second-order valence-electron chi connectivity index (χ2n) is 6.93. The molecule has 184 valence electrons. The average molecular weight is 474 g/mol. The van der Waals surface area contributed by atoms with Crippen molar-refractivity contribution in [1.82, 2.24) is 16.2 Å². The molecule has 0 radical (unpaired) electrons. The average Bonchev–Trinajstić information content (AvgIpc) is 2.85. The molecule has 3 amide bonds. The van der Waals surface area contributed by atoms with Crippen LogP contribution in [0.2, 0.25) is 0 Å². The van der Waals surface area contributed by atoms with Crippen LogP contribution in [0.4, 0.5) is 0 Å². The second kappa shape index (κ2) is 13.6. The Morgan fingerprint density at radius 1 is 0.735 bits per heavy atom. The van der Waals surface area contributed by atoms with E-state index in [1.165, 1.54) is 13.2 Å². The molecule has 0 unspecified atom stereocenters. The first-order valence-electron chi connectivity index (χ1n) is 11.0. The Kier molecular flexibility index (Phi) is 10.5. The van der Waals surface area contributed by atoms with Gasteiger partial charge in [0.1, 0.15) is 0 Å². The Morgan fingerprint density at radius 3 is 1.94 bits per heavy atom. The van der Waals surface area contributed by atoms with Gasteiger partial charge in [0.2, 0.25) is 0 Å². The minimum absolute atomic E-state index is 0.267. The molecule has 2 rings (SSSR count). The van der Waals surface area contributed by atoms with Crippen LogP contribution in [-0.2, 0) is 4.79 Å². The SMILES string of the molecule is CCCOc1ccc(C(=O)NNC(=O)CNC(=O)c2ccc(OCC)c(OCC)c2)cc1OC. The number of nitrogens with one attached hydrogen (secondary N) is 3. The smallest absolute Gasteiger partial charge is 0.269 e. The van der Waals surface area contributed by atoms with Crippen LogP contribution in [0.3, 0.4) is 0 Å². The molecule has 0 aliphatic carbocycles. The number of amides is 3. The first-order valence-corrected chi connectivity index (χ1v) is 11.0. The van der Waals surface area contributed by atoms with E-state index in [1.807, 2.05) is 20.8 Å². The number of hydrazine groups is 1. The number of hydrogen-bond donors (Lipinski definition) is 3. The summed E-state index contributed by atoms with van der Waals surface area (Å²) in [6.45, 7) is 6.70. The molecule has 34 heavy (non-hydrogen) atoms. The Balaban J connectivity index is 1.89. The number of ether oxygens (including phenoxy) is 4. The normalized spacial score (nSPS) is 10.1. The third kappa shape index (κ3) is 7.58. The molecular formula is C24H31N3O7. The number of benzene rings is 2. The number of hydrogen-bond acceptors (Lipinski definition) is 7. The van der Waals surface area contributed by atoms with Gasteiger partial charge in [-0.3, -0.25) is 25.2 Å². The molecule has 0 bridgehead atoms. The fourth-order valence-corrected chi connectivity index (χ4v) is 2.84. The fraction of sp³-hybridized carbons (Fsp3) is 0.375. The van der Waals surface area contributed by atoms with Gasteiger partial charge >= 0.3 is 0 Å². The standard InChI is InChI=1S/C24H31N3O7/c1-5-12-34-18-10-9-17(13-20(18)31-4)24(30)27-26-22(28)15-25-23(29)16-8-11-19(32-6-2)21(14-16)33-7-3/h8-11,13-14H,5-7,12,15H2,1-4H3,(H,25,29)(H,26,28)(H,27,30). The lowest BCUT2D eigenvalue weighted by Gasteiger charge is -2.13. The molecule has 0 saturated carbocycles. The number of carbonyl (C=O) groups excluding carboxylic acids is 3. The highest BCUT2D eigenvalue weighted by Gasteiger charge is 2.14. The summed E-state index contributed by atoms with van der Waals surface area (Å²) in [5, 5.41) is 2.49. The number of carbonyl (C=O) groups is 3. The molecule has 0 saturated heterocycles. The van der Waals surface area contributed by atoms with Gasteiger partial charge < -0.3 is 24.3 Å². The van der Waals surface area contributed by atoms with E-state index in [-0.39, 0.29) is 12.1 Å². The van der Waals surface area contributed by atoms with E-state index in [1.54, 1.807) is 30.3 Å². The van der Waals surface area contributed by atoms with Crippen molar-refractivity contribution >= 4 is 17.7 Å². The van der Waals surface area contributed by atoms with Crippen LogP contribution < -0.4 is 35.1 Å². The van der Waals surface area contributed by atoms with E-state index < -0.39 is 17.7 Å². The van der Waals surface area contributed by atoms with Crippen molar-refractivity contribution in [2.45, 2.75) is 27.2 Å². The highest BCUT2D eigenvalue weighted by Crippen LogP contribution is 2.29. The zero-order valence-corrected chi connectivity index (χ0v) is 19.9. The molecule has 0 spiro atoms. The van der Waals surface area contributed by atoms with Crippen LogP contribution in [0.1, 0.15) is 47.9 Å². The fourth-order valence-electron chi connectivity index (χ4n) is 2.84. The Labute approximate surface area is 198 Å². The van der Waals surface area contributed by atoms with E-state index in [0.717, 1.165) is 6.42 Å². The lowest BCUT2D eigenvalue weighted by atomic mass is 10.2. The van der Waals surface area contributed by atoms with Crippen molar-refractivity contribution in [3.8, 4) is 23.0 Å². The van der Waals surface area contributed by atoms with Gasteiger partial charge in [-0.05, 0) is 56.7 Å². The minimum atomic E-state index is -0.604. The van der Waals surface area contributed by atoms with Crippen LogP contribution in [0.5, 0.6) is 23.0 Å². The molecule has 0 fully saturated rings. The van der Waals surface area contributed by atoms with Crippen LogP contribution in [0.25, 0.3) is 0 Å². The van der Waals surface area contributed by atoms with Crippen molar-refractivity contribution in [2.75, 3.05) is 33.5 Å². The maximum Gasteiger partial charge on any atom is 0.269 e. The Hall–Kier alpha value is -3.95. The van der Waals surface area contributed by atoms with E-state index in [9.17, 15) is 14.4 Å². The summed E-state index contributed by atoms with van der Waals surface area (Å²) >= 11 is 0. The first kappa shape index (κ1) is 26.3. The van der Waals surface area contributed by atoms with Crippen LogP contribution in [0.15, 0.2) is 36.4 Å². The molecule has 0 aliphatic heterocycles. The molecule has 0 atom stereocenters. The van der Waals surface area contributed by atoms with E-state index in [0.29, 0.717) is 48.4 Å². The largest absolute Gasteiger partial charge is 0.493 e. The van der Waals surface area contributed by atoms with Gasteiger partial charge in [0.25, 0.3) is 17.7 Å². The monoisotopic (exact) mass is 473 g/mol. The van der Waals surface area contributed by atoms with E-state index in [4.69, 9.17) is 18.9 Å². The third-order valence-electron chi connectivity index (χ3n) is 4.42. The summed E-state index contributed by atoms with van der Waals surface area (Å²) in [5.41, 5.74) is 5.14. The van der Waals surface area contributed by atoms with Gasteiger partial charge in [-0.2, -0.15) is 0 Å². The van der Waals surface area contributed by atoms with E-state index >= 15 is 0 Å². The molecule has 0 aromatic heterocycles. The maximum atomic E-state index is 12.4. The summed E-state index contributed by atoms with van der Waals surface area (Å²) in [4.78, 5) is 36.9. The predicted octanol–water partition coefficient (Wildman–Crippen LogP) is 2.47. The van der Waals surface area contributed by atoms with Crippen LogP contribution >= 0.6 is 0 Å². The van der Waals surface area contributed by atoms with Gasteiger partial charge in [0.15, 0.2) is 23.0 Å². The number of methoxy groups -OCH3 is 1. The lowest BCUT2D eigenvalue weighted by molar-refractivity contribution is -0.120. The zero-order chi connectivity index (χ0) is 24.9. The topological polar surface area (TPSA) is 124 Å². The predicted molar refractivity (Wildman–Crippen MR) is 126 cm³/mol.